The van der Waals surface area contributed by atoms with E-state index in [4.69, 9.17) is 4.74 Å². The monoisotopic (exact) mass is 444 g/mol. The van der Waals surface area contributed by atoms with E-state index in [-0.39, 0.29) is 17.7 Å². The first kappa shape index (κ1) is 21.9. The second kappa shape index (κ2) is 8.68. The lowest BCUT2D eigenvalue weighted by atomic mass is 9.97. The summed E-state index contributed by atoms with van der Waals surface area (Å²) in [6.07, 6.45) is -1.91. The summed E-state index contributed by atoms with van der Waals surface area (Å²) in [4.78, 5) is 28.2. The standard InChI is InChI=1S/C24H23F3N2O3/c1-2-22(30)28-12-10-17(15-28)23(31)29-13-11-20-16(14-29)4-3-5-21(20)32-19-8-6-18(7-9-19)24(25,26)27/h2-9,17H,1,10-15H2/t17-/m1/s1. The molecule has 1 fully saturated rings. The maximum atomic E-state index is 13.0. The van der Waals surface area contributed by atoms with Crippen LogP contribution in [0.1, 0.15) is 23.1 Å². The second-order valence-electron chi connectivity index (χ2n) is 8.00. The molecule has 2 aliphatic rings. The van der Waals surface area contributed by atoms with Crippen LogP contribution in [0.5, 0.6) is 11.5 Å². The summed E-state index contributed by atoms with van der Waals surface area (Å²) in [7, 11) is 0. The Bertz CT molecular complexity index is 1030. The van der Waals surface area contributed by atoms with Crippen molar-refractivity contribution in [2.75, 3.05) is 19.6 Å². The van der Waals surface area contributed by atoms with Gasteiger partial charge >= 0.3 is 6.18 Å². The highest BCUT2D eigenvalue weighted by atomic mass is 19.4. The van der Waals surface area contributed by atoms with E-state index in [2.05, 4.69) is 6.58 Å². The zero-order chi connectivity index (χ0) is 22.9. The van der Waals surface area contributed by atoms with Gasteiger partial charge in [-0.25, -0.2) is 0 Å². The molecule has 0 bridgehead atoms. The third-order valence-electron chi connectivity index (χ3n) is 5.97. The third kappa shape index (κ3) is 4.49. The average Bonchev–Trinajstić information content (AvgIpc) is 3.28. The predicted molar refractivity (Wildman–Crippen MR) is 112 cm³/mol. The highest BCUT2D eigenvalue weighted by Gasteiger charge is 2.34. The van der Waals surface area contributed by atoms with Gasteiger partial charge in [0, 0.05) is 31.7 Å². The van der Waals surface area contributed by atoms with Gasteiger partial charge in [0.2, 0.25) is 11.8 Å². The summed E-state index contributed by atoms with van der Waals surface area (Å²) in [5, 5.41) is 0. The fourth-order valence-electron chi connectivity index (χ4n) is 4.25. The summed E-state index contributed by atoms with van der Waals surface area (Å²) in [5.41, 5.74) is 1.17. The topological polar surface area (TPSA) is 49.9 Å². The lowest BCUT2D eigenvalue weighted by Crippen LogP contribution is -2.41. The Labute approximate surface area is 184 Å². The van der Waals surface area contributed by atoms with Crippen molar-refractivity contribution in [1.29, 1.82) is 0 Å². The van der Waals surface area contributed by atoms with E-state index < -0.39 is 11.7 Å². The maximum absolute atomic E-state index is 13.0. The largest absolute Gasteiger partial charge is 0.457 e. The number of hydrogen-bond donors (Lipinski definition) is 0. The molecule has 1 saturated heterocycles. The molecular formula is C24H23F3N2O3. The molecule has 4 rings (SSSR count). The molecule has 1 atom stereocenters. The van der Waals surface area contributed by atoms with E-state index in [1.165, 1.54) is 18.2 Å². The summed E-state index contributed by atoms with van der Waals surface area (Å²) in [6.45, 7) is 5.41. The Morgan fingerprint density at radius 1 is 1.06 bits per heavy atom. The third-order valence-corrected chi connectivity index (χ3v) is 5.97. The normalized spacial score (nSPS) is 18.3. The molecule has 2 amide bonds. The number of amides is 2. The fourth-order valence-corrected chi connectivity index (χ4v) is 4.25. The summed E-state index contributed by atoms with van der Waals surface area (Å²) in [6, 6.07) is 10.1. The van der Waals surface area contributed by atoms with Gasteiger partial charge in [0.25, 0.3) is 0 Å². The van der Waals surface area contributed by atoms with Gasteiger partial charge < -0.3 is 14.5 Å². The van der Waals surface area contributed by atoms with Crippen molar-refractivity contribution < 1.29 is 27.5 Å². The molecule has 0 saturated carbocycles. The van der Waals surface area contributed by atoms with Crippen molar-refractivity contribution in [3.63, 3.8) is 0 Å². The number of carbonyl (C=O) groups is 2. The number of rotatable bonds is 4. The van der Waals surface area contributed by atoms with Crippen LogP contribution in [0.15, 0.2) is 55.1 Å². The maximum Gasteiger partial charge on any atom is 0.416 e. The van der Waals surface area contributed by atoms with Gasteiger partial charge in [-0.1, -0.05) is 18.7 Å². The van der Waals surface area contributed by atoms with Crippen molar-refractivity contribution >= 4 is 11.8 Å². The first-order valence-corrected chi connectivity index (χ1v) is 10.4. The Balaban J connectivity index is 1.44. The summed E-state index contributed by atoms with van der Waals surface area (Å²) >= 11 is 0. The van der Waals surface area contributed by atoms with Gasteiger partial charge in [0.1, 0.15) is 11.5 Å². The molecular weight excluding hydrogens is 421 g/mol. The number of benzene rings is 2. The molecule has 0 radical (unpaired) electrons. The van der Waals surface area contributed by atoms with E-state index in [1.54, 1.807) is 15.9 Å². The Kier molecular flexibility index (Phi) is 5.95. The van der Waals surface area contributed by atoms with E-state index in [1.807, 2.05) is 12.1 Å². The smallest absolute Gasteiger partial charge is 0.416 e. The van der Waals surface area contributed by atoms with Crippen LogP contribution in [0.25, 0.3) is 0 Å². The van der Waals surface area contributed by atoms with Gasteiger partial charge in [0.15, 0.2) is 0 Å². The van der Waals surface area contributed by atoms with Gasteiger partial charge in [-0.05, 0) is 54.8 Å². The summed E-state index contributed by atoms with van der Waals surface area (Å²) < 4.78 is 44.2. The van der Waals surface area contributed by atoms with Crippen molar-refractivity contribution in [2.45, 2.75) is 25.6 Å². The van der Waals surface area contributed by atoms with Crippen molar-refractivity contribution in [1.82, 2.24) is 9.80 Å². The SMILES string of the molecule is C=CC(=O)N1CC[C@@H](C(=O)N2CCc3c(cccc3Oc3ccc(C(F)(F)F)cc3)C2)C1. The zero-order valence-electron chi connectivity index (χ0n) is 17.4. The van der Waals surface area contributed by atoms with Gasteiger partial charge in [-0.2, -0.15) is 13.2 Å². The predicted octanol–water partition coefficient (Wildman–Crippen LogP) is 4.42. The molecule has 5 nitrogen and oxygen atoms in total. The first-order valence-electron chi connectivity index (χ1n) is 10.4. The molecule has 168 valence electrons. The minimum atomic E-state index is -4.39. The van der Waals surface area contributed by atoms with E-state index in [0.717, 1.165) is 23.3 Å². The average molecular weight is 444 g/mol. The lowest BCUT2D eigenvalue weighted by molar-refractivity contribution is -0.138. The second-order valence-corrected chi connectivity index (χ2v) is 8.00. The first-order chi connectivity index (χ1) is 15.3. The highest BCUT2D eigenvalue weighted by molar-refractivity contribution is 5.88. The molecule has 0 spiro atoms. The summed E-state index contributed by atoms with van der Waals surface area (Å²) in [5.74, 6) is 0.561. The molecule has 0 aliphatic carbocycles. The number of fused-ring (bicyclic) bond motifs is 1. The number of alkyl halides is 3. The lowest BCUT2D eigenvalue weighted by Gasteiger charge is -2.31. The quantitative estimate of drug-likeness (QED) is 0.657. The number of ether oxygens (including phenoxy) is 1. The molecule has 0 N–H and O–H groups in total. The molecule has 2 aromatic rings. The number of hydrogen-bond acceptors (Lipinski definition) is 3. The van der Waals surface area contributed by atoms with Crippen molar-refractivity contribution in [3.05, 3.63) is 71.8 Å². The molecule has 0 unspecified atom stereocenters. The number of likely N-dealkylation sites (tertiary alicyclic amines) is 1. The molecule has 2 aliphatic heterocycles. The van der Waals surface area contributed by atoms with Crippen molar-refractivity contribution in [3.8, 4) is 11.5 Å². The molecule has 8 heteroatoms. The van der Waals surface area contributed by atoms with Crippen LogP contribution in [-0.4, -0.2) is 41.2 Å². The number of halogens is 3. The minimum Gasteiger partial charge on any atom is -0.457 e. The van der Waals surface area contributed by atoms with Crippen LogP contribution in [0.3, 0.4) is 0 Å². The van der Waals surface area contributed by atoms with Gasteiger partial charge in [0.05, 0.1) is 11.5 Å². The number of nitrogens with zero attached hydrogens (tertiary/aromatic N) is 2. The Morgan fingerprint density at radius 3 is 2.50 bits per heavy atom. The molecule has 32 heavy (non-hydrogen) atoms. The Morgan fingerprint density at radius 2 is 1.81 bits per heavy atom. The zero-order valence-corrected chi connectivity index (χ0v) is 17.4. The van der Waals surface area contributed by atoms with Crippen LogP contribution >= 0.6 is 0 Å². The van der Waals surface area contributed by atoms with E-state index in [0.29, 0.717) is 50.5 Å². The van der Waals surface area contributed by atoms with Crippen LogP contribution in [0.2, 0.25) is 0 Å². The van der Waals surface area contributed by atoms with E-state index in [9.17, 15) is 22.8 Å². The van der Waals surface area contributed by atoms with E-state index >= 15 is 0 Å². The van der Waals surface area contributed by atoms with Crippen LogP contribution in [-0.2, 0) is 28.7 Å². The van der Waals surface area contributed by atoms with Crippen LogP contribution in [0, 0.1) is 5.92 Å². The fraction of sp³-hybridized carbons (Fsp3) is 0.333. The molecule has 2 aromatic carbocycles. The van der Waals surface area contributed by atoms with Gasteiger partial charge in [-0.3, -0.25) is 9.59 Å². The highest BCUT2D eigenvalue weighted by Crippen LogP contribution is 2.34. The van der Waals surface area contributed by atoms with Crippen LogP contribution in [0.4, 0.5) is 13.2 Å². The van der Waals surface area contributed by atoms with Crippen molar-refractivity contribution in [2.24, 2.45) is 5.92 Å². The van der Waals surface area contributed by atoms with Crippen LogP contribution < -0.4 is 4.74 Å². The van der Waals surface area contributed by atoms with Gasteiger partial charge in [-0.15, -0.1) is 0 Å². The minimum absolute atomic E-state index is 0.0315. The molecule has 2 heterocycles. The Hall–Kier alpha value is -3.29. The molecule has 0 aromatic heterocycles. The number of carbonyl (C=O) groups excluding carboxylic acids is 2.